The molecule has 0 aliphatic carbocycles. The molecule has 5 heteroatoms. The third-order valence-electron chi connectivity index (χ3n) is 3.59. The smallest absolute Gasteiger partial charge is 0.105 e. The van der Waals surface area contributed by atoms with Crippen LogP contribution >= 0.6 is 0 Å². The van der Waals surface area contributed by atoms with Crippen LogP contribution in [-0.4, -0.2) is 22.9 Å². The normalized spacial score (nSPS) is 13.5. The molecule has 0 aromatic heterocycles. The lowest BCUT2D eigenvalue weighted by Crippen LogP contribution is -2.19. The van der Waals surface area contributed by atoms with Gasteiger partial charge in [0.2, 0.25) is 0 Å². The van der Waals surface area contributed by atoms with Gasteiger partial charge in [0, 0.05) is 11.5 Å². The summed E-state index contributed by atoms with van der Waals surface area (Å²) in [7, 11) is 0. The SMILES string of the molecule is CCCCCCc1ccc(C(O)C(O)CCN=[N+]=[N-])cc1. The van der Waals surface area contributed by atoms with E-state index < -0.39 is 12.2 Å². The number of aliphatic hydroxyl groups excluding tert-OH is 2. The van der Waals surface area contributed by atoms with Gasteiger partial charge in [0.1, 0.15) is 6.10 Å². The van der Waals surface area contributed by atoms with Crippen LogP contribution < -0.4 is 0 Å². The molecule has 0 aliphatic heterocycles. The molecule has 0 saturated carbocycles. The number of hydrogen-bond acceptors (Lipinski definition) is 3. The van der Waals surface area contributed by atoms with Crippen molar-refractivity contribution in [2.45, 2.75) is 57.7 Å². The summed E-state index contributed by atoms with van der Waals surface area (Å²) in [6.07, 6.45) is 4.40. The van der Waals surface area contributed by atoms with Gasteiger partial charge in [0.15, 0.2) is 0 Å². The number of hydrogen-bond donors (Lipinski definition) is 2. The number of aryl methyl sites for hydroxylation is 1. The Bertz CT molecular complexity index is 441. The van der Waals surface area contributed by atoms with Crippen LogP contribution in [0.4, 0.5) is 0 Å². The van der Waals surface area contributed by atoms with Crippen LogP contribution in [-0.2, 0) is 6.42 Å². The van der Waals surface area contributed by atoms with Crippen molar-refractivity contribution in [2.75, 3.05) is 6.54 Å². The zero-order chi connectivity index (χ0) is 15.5. The molecule has 0 fully saturated rings. The largest absolute Gasteiger partial charge is 0.390 e. The van der Waals surface area contributed by atoms with Gasteiger partial charge < -0.3 is 10.2 Å². The maximum atomic E-state index is 10.0. The van der Waals surface area contributed by atoms with Crippen molar-refractivity contribution in [1.29, 1.82) is 0 Å². The summed E-state index contributed by atoms with van der Waals surface area (Å²) in [5.41, 5.74) is 10.1. The van der Waals surface area contributed by atoms with Gasteiger partial charge in [-0.25, -0.2) is 0 Å². The van der Waals surface area contributed by atoms with Crippen LogP contribution in [0.2, 0.25) is 0 Å². The van der Waals surface area contributed by atoms with E-state index in [-0.39, 0.29) is 13.0 Å². The van der Waals surface area contributed by atoms with Crippen molar-refractivity contribution >= 4 is 0 Å². The van der Waals surface area contributed by atoms with Crippen molar-refractivity contribution in [3.8, 4) is 0 Å². The second kappa shape index (κ2) is 10.2. The molecule has 0 amide bonds. The molecule has 1 rings (SSSR count). The minimum atomic E-state index is -0.937. The van der Waals surface area contributed by atoms with Crippen LogP contribution in [0.1, 0.15) is 56.3 Å². The highest BCUT2D eigenvalue weighted by Crippen LogP contribution is 2.20. The number of benzene rings is 1. The van der Waals surface area contributed by atoms with Gasteiger partial charge in [-0.1, -0.05) is 55.6 Å². The van der Waals surface area contributed by atoms with Gasteiger partial charge in [-0.05, 0) is 35.9 Å². The molecule has 21 heavy (non-hydrogen) atoms. The molecular weight excluding hydrogens is 266 g/mol. The maximum Gasteiger partial charge on any atom is 0.105 e. The summed E-state index contributed by atoms with van der Waals surface area (Å²) in [6, 6.07) is 7.72. The van der Waals surface area contributed by atoms with Gasteiger partial charge in [0.05, 0.1) is 6.10 Å². The van der Waals surface area contributed by atoms with Crippen LogP contribution in [0.15, 0.2) is 29.4 Å². The average Bonchev–Trinajstić information content (AvgIpc) is 2.51. The number of nitrogens with zero attached hydrogens (tertiary/aromatic N) is 3. The summed E-state index contributed by atoms with van der Waals surface area (Å²) in [4.78, 5) is 2.63. The molecule has 0 bridgehead atoms. The number of rotatable bonds is 10. The lowest BCUT2D eigenvalue weighted by molar-refractivity contribution is 0.0150. The molecule has 116 valence electrons. The minimum absolute atomic E-state index is 0.185. The first-order valence-corrected chi connectivity index (χ1v) is 7.64. The maximum absolute atomic E-state index is 10.0. The first-order chi connectivity index (χ1) is 10.2. The quantitative estimate of drug-likeness (QED) is 0.296. The zero-order valence-corrected chi connectivity index (χ0v) is 12.6. The molecule has 2 unspecified atom stereocenters. The van der Waals surface area contributed by atoms with Crippen molar-refractivity contribution in [1.82, 2.24) is 0 Å². The predicted octanol–water partition coefficient (Wildman–Crippen LogP) is 3.90. The van der Waals surface area contributed by atoms with E-state index in [0.29, 0.717) is 5.56 Å². The molecular formula is C16H25N3O2. The Morgan fingerprint density at radius 1 is 1.14 bits per heavy atom. The average molecular weight is 291 g/mol. The van der Waals surface area contributed by atoms with Gasteiger partial charge in [0.25, 0.3) is 0 Å². The Balaban J connectivity index is 2.46. The van der Waals surface area contributed by atoms with E-state index in [1.807, 2.05) is 24.3 Å². The highest BCUT2D eigenvalue weighted by atomic mass is 16.3. The topological polar surface area (TPSA) is 89.2 Å². The van der Waals surface area contributed by atoms with Crippen molar-refractivity contribution < 1.29 is 10.2 Å². The van der Waals surface area contributed by atoms with Gasteiger partial charge in [-0.15, -0.1) is 0 Å². The lowest BCUT2D eigenvalue weighted by atomic mass is 9.99. The molecule has 5 nitrogen and oxygen atoms in total. The highest BCUT2D eigenvalue weighted by Gasteiger charge is 2.17. The molecule has 0 saturated heterocycles. The van der Waals surface area contributed by atoms with Gasteiger partial charge >= 0.3 is 0 Å². The Labute approximate surface area is 126 Å². The molecule has 1 aromatic carbocycles. The molecule has 2 N–H and O–H groups in total. The molecule has 0 radical (unpaired) electrons. The lowest BCUT2D eigenvalue weighted by Gasteiger charge is -2.17. The minimum Gasteiger partial charge on any atom is -0.390 e. The van der Waals surface area contributed by atoms with E-state index in [1.165, 1.54) is 31.2 Å². The Morgan fingerprint density at radius 3 is 2.48 bits per heavy atom. The number of aliphatic hydroxyl groups is 2. The highest BCUT2D eigenvalue weighted by molar-refractivity contribution is 5.24. The third-order valence-corrected chi connectivity index (χ3v) is 3.59. The van der Waals surface area contributed by atoms with E-state index in [2.05, 4.69) is 16.9 Å². The molecule has 1 aromatic rings. The van der Waals surface area contributed by atoms with Crippen LogP contribution in [0.3, 0.4) is 0 Å². The summed E-state index contributed by atoms with van der Waals surface area (Å²) < 4.78 is 0. The first-order valence-electron chi connectivity index (χ1n) is 7.64. The monoisotopic (exact) mass is 291 g/mol. The van der Waals surface area contributed by atoms with Crippen LogP contribution in [0, 0.1) is 0 Å². The van der Waals surface area contributed by atoms with Crippen molar-refractivity contribution in [2.24, 2.45) is 5.11 Å². The second-order valence-electron chi connectivity index (χ2n) is 5.31. The summed E-state index contributed by atoms with van der Waals surface area (Å²) in [5.74, 6) is 0. The number of azide groups is 1. The fourth-order valence-corrected chi connectivity index (χ4v) is 2.25. The Kier molecular flexibility index (Phi) is 8.51. The third kappa shape index (κ3) is 6.63. The van der Waals surface area contributed by atoms with E-state index in [0.717, 1.165) is 6.42 Å². The Morgan fingerprint density at radius 2 is 1.86 bits per heavy atom. The van der Waals surface area contributed by atoms with Crippen LogP contribution in [0.5, 0.6) is 0 Å². The molecule has 0 aliphatic rings. The van der Waals surface area contributed by atoms with E-state index in [1.54, 1.807) is 0 Å². The van der Waals surface area contributed by atoms with Gasteiger partial charge in [-0.2, -0.15) is 0 Å². The molecule has 2 atom stereocenters. The first kappa shape index (κ1) is 17.5. The van der Waals surface area contributed by atoms with Gasteiger partial charge in [-0.3, -0.25) is 0 Å². The zero-order valence-electron chi connectivity index (χ0n) is 12.6. The molecule has 0 spiro atoms. The fourth-order valence-electron chi connectivity index (χ4n) is 2.25. The molecule has 0 heterocycles. The van der Waals surface area contributed by atoms with E-state index >= 15 is 0 Å². The second-order valence-corrected chi connectivity index (χ2v) is 5.31. The van der Waals surface area contributed by atoms with E-state index in [4.69, 9.17) is 5.53 Å². The standard InChI is InChI=1S/C16H25N3O2/c1-2-3-4-5-6-13-7-9-14(10-8-13)16(21)15(20)11-12-18-19-17/h7-10,15-16,20-21H,2-6,11-12H2,1H3. The van der Waals surface area contributed by atoms with E-state index in [9.17, 15) is 10.2 Å². The number of unbranched alkanes of at least 4 members (excludes halogenated alkanes) is 3. The fraction of sp³-hybridized carbons (Fsp3) is 0.625. The summed E-state index contributed by atoms with van der Waals surface area (Å²) >= 11 is 0. The van der Waals surface area contributed by atoms with Crippen molar-refractivity contribution in [3.63, 3.8) is 0 Å². The summed E-state index contributed by atoms with van der Waals surface area (Å²) in [5, 5.41) is 23.2. The Hall–Kier alpha value is -1.55. The van der Waals surface area contributed by atoms with Crippen molar-refractivity contribution in [3.05, 3.63) is 45.8 Å². The van der Waals surface area contributed by atoms with Crippen LogP contribution in [0.25, 0.3) is 10.4 Å². The summed E-state index contributed by atoms with van der Waals surface area (Å²) in [6.45, 7) is 2.38. The predicted molar refractivity (Wildman–Crippen MR) is 83.9 cm³/mol.